The maximum Gasteiger partial charge on any atom is 0.335 e. The molecular weight excluding hydrogens is 1100 g/mol. The molecule has 10 aliphatic rings. The monoisotopic (exact) mass is 1190 g/mol. The van der Waals surface area contributed by atoms with Gasteiger partial charge in [0, 0.05) is 0 Å². The molecular formula is C57H90O26. The first-order valence-electron chi connectivity index (χ1n) is 29.5. The highest BCUT2D eigenvalue weighted by Gasteiger charge is 2.72. The molecule has 0 radical (unpaired) electrons. The van der Waals surface area contributed by atoms with E-state index in [9.17, 15) is 76.3 Å². The third kappa shape index (κ3) is 10.4. The molecule has 0 aromatic rings. The van der Waals surface area contributed by atoms with Gasteiger partial charge < -0.3 is 119 Å². The van der Waals surface area contributed by atoms with E-state index in [0.29, 0.717) is 32.1 Å². The number of fused-ring (bicyclic) bond motifs is 7. The molecule has 5 aliphatic heterocycles. The topological polar surface area (TPSA) is 410 Å². The molecule has 474 valence electrons. The lowest BCUT2D eigenvalue weighted by molar-refractivity contribution is -0.381. The van der Waals surface area contributed by atoms with Crippen molar-refractivity contribution in [1.82, 2.24) is 0 Å². The minimum absolute atomic E-state index is 0.0581. The number of allylic oxidation sites excluding steroid dienone is 2. The third-order valence-corrected chi connectivity index (χ3v) is 22.4. The fourth-order valence-electron chi connectivity index (χ4n) is 17.2. The maximum atomic E-state index is 15.5. The number of hydrogen-bond acceptors (Lipinski definition) is 25. The van der Waals surface area contributed by atoms with Crippen LogP contribution in [0.25, 0.3) is 0 Å². The van der Waals surface area contributed by atoms with E-state index in [2.05, 4.69) is 54.5 Å². The van der Waals surface area contributed by atoms with E-state index in [4.69, 9.17) is 47.4 Å². The number of carboxylic acids is 1. The van der Waals surface area contributed by atoms with E-state index in [1.807, 2.05) is 0 Å². The SMILES string of the molecule is CC1OC(OC2C(OC(=O)C34CCC(C)(C)CC3C3=CCC5C6(C)CCC(OC7OC(C(=O)O)C(O)C(O)C7O)C(C)(C)C6CCC5(C)C3(C)CC4O)OCC(O)C2O)C(O)C(OC2OCC(O)(CO)C2O)C1OC1OCC(O)C(O)C1O. The average Bonchev–Trinajstić information content (AvgIpc) is 1.43. The Kier molecular flexibility index (Phi) is 17.4. The van der Waals surface area contributed by atoms with Crippen molar-refractivity contribution >= 4 is 11.9 Å². The van der Waals surface area contributed by atoms with Crippen molar-refractivity contribution in [3.8, 4) is 0 Å². The van der Waals surface area contributed by atoms with Gasteiger partial charge in [-0.3, -0.25) is 4.79 Å². The van der Waals surface area contributed by atoms with Gasteiger partial charge >= 0.3 is 11.9 Å². The third-order valence-electron chi connectivity index (χ3n) is 22.4. The molecule has 5 heterocycles. The number of ether oxygens (including phenoxy) is 10. The van der Waals surface area contributed by atoms with Gasteiger partial charge in [0.05, 0.1) is 44.7 Å². The van der Waals surface area contributed by atoms with Crippen molar-refractivity contribution < 1.29 is 128 Å². The molecule has 4 saturated carbocycles. The summed E-state index contributed by atoms with van der Waals surface area (Å²) in [7, 11) is 0. The van der Waals surface area contributed by atoms with E-state index in [1.54, 1.807) is 0 Å². The van der Waals surface area contributed by atoms with Gasteiger partial charge in [-0.2, -0.15) is 0 Å². The van der Waals surface area contributed by atoms with Crippen LogP contribution in [0.15, 0.2) is 11.6 Å². The number of hydrogen-bond donors (Lipinski definition) is 14. The predicted molar refractivity (Wildman–Crippen MR) is 278 cm³/mol. The number of carboxylic acid groups (broad SMARTS) is 1. The second-order valence-corrected chi connectivity index (χ2v) is 28.0. The summed E-state index contributed by atoms with van der Waals surface area (Å²) in [5, 5.41) is 152. The highest BCUT2D eigenvalue weighted by atomic mass is 16.8. The van der Waals surface area contributed by atoms with E-state index < -0.39 is 207 Å². The zero-order valence-corrected chi connectivity index (χ0v) is 48.4. The lowest BCUT2D eigenvalue weighted by Crippen LogP contribution is -2.68. The molecule has 14 N–H and O–H groups in total. The second kappa shape index (κ2) is 22.7. The summed E-state index contributed by atoms with van der Waals surface area (Å²) in [6, 6.07) is 0. The summed E-state index contributed by atoms with van der Waals surface area (Å²) in [6.07, 6.45) is -28.7. The lowest BCUT2D eigenvalue weighted by Gasteiger charge is -2.71. The average molecular weight is 1190 g/mol. The second-order valence-electron chi connectivity index (χ2n) is 28.0. The molecule has 0 bridgehead atoms. The summed E-state index contributed by atoms with van der Waals surface area (Å²) in [4.78, 5) is 27.5. The van der Waals surface area contributed by atoms with Crippen LogP contribution < -0.4 is 0 Å². The Morgan fingerprint density at radius 1 is 0.627 bits per heavy atom. The molecule has 0 aromatic carbocycles. The fraction of sp³-hybridized carbons (Fsp3) is 0.930. The summed E-state index contributed by atoms with van der Waals surface area (Å²) < 4.78 is 59.7. The van der Waals surface area contributed by atoms with Crippen molar-refractivity contribution in [2.75, 3.05) is 26.4 Å². The first-order valence-corrected chi connectivity index (χ1v) is 29.5. The Morgan fingerprint density at radius 2 is 1.25 bits per heavy atom. The summed E-state index contributed by atoms with van der Waals surface area (Å²) >= 11 is 0. The van der Waals surface area contributed by atoms with Gasteiger partial charge in [0.15, 0.2) is 37.4 Å². The van der Waals surface area contributed by atoms with E-state index in [0.717, 1.165) is 18.4 Å². The van der Waals surface area contributed by atoms with Gasteiger partial charge in [-0.25, -0.2) is 4.79 Å². The normalized spacial score (nSPS) is 54.0. The Balaban J connectivity index is 0.899. The molecule has 0 spiro atoms. The van der Waals surface area contributed by atoms with E-state index in [-0.39, 0.29) is 35.5 Å². The van der Waals surface area contributed by atoms with Gasteiger partial charge in [0.25, 0.3) is 0 Å². The zero-order chi connectivity index (χ0) is 60.6. The Labute approximate surface area is 481 Å². The highest BCUT2D eigenvalue weighted by Crippen LogP contribution is 2.76. The number of aliphatic hydroxyl groups is 13. The van der Waals surface area contributed by atoms with Crippen LogP contribution in [0, 0.1) is 50.2 Å². The van der Waals surface area contributed by atoms with Crippen LogP contribution in [-0.2, 0) is 57.0 Å². The zero-order valence-electron chi connectivity index (χ0n) is 48.4. The standard InChI is InChI=1S/C57H90O26/c1-23-39(79-45-36(66)32(62)26(59)19-74-45)40(80-49-43(69)56(73,21-58)22-76-49)38(68)47(77-23)82-42-33(63)27(60)20-75-48(42)83-50(72)57-16-15-51(2,3)17-25(57)24-9-10-29-53(6)13-12-31(78-46-37(67)34(64)35(65)41(81-46)44(70)71)52(4,5)28(53)11-14-54(29,7)55(24,8)18-30(57)61/h9,23,25-43,45-49,58-69,73H,10-22H2,1-8H3,(H,70,71). The molecule has 5 aliphatic carbocycles. The van der Waals surface area contributed by atoms with Crippen LogP contribution in [0.1, 0.15) is 113 Å². The molecule has 30 unspecified atom stereocenters. The number of rotatable bonds is 12. The van der Waals surface area contributed by atoms with Crippen molar-refractivity contribution in [1.29, 1.82) is 0 Å². The van der Waals surface area contributed by atoms with Crippen molar-refractivity contribution in [2.24, 2.45) is 50.2 Å². The molecule has 26 nitrogen and oxygen atoms in total. The van der Waals surface area contributed by atoms with Gasteiger partial charge in [-0.15, -0.1) is 0 Å². The summed E-state index contributed by atoms with van der Waals surface area (Å²) in [5.74, 6) is -2.71. The Bertz CT molecular complexity index is 2400. The predicted octanol–water partition coefficient (Wildman–Crippen LogP) is -2.20. The largest absolute Gasteiger partial charge is 0.479 e. The molecule has 0 aromatic heterocycles. The van der Waals surface area contributed by atoms with Gasteiger partial charge in [-0.05, 0) is 110 Å². The van der Waals surface area contributed by atoms with Crippen molar-refractivity contribution in [3.05, 3.63) is 11.6 Å². The van der Waals surface area contributed by atoms with Gasteiger partial charge in [-0.1, -0.05) is 60.1 Å². The van der Waals surface area contributed by atoms with Gasteiger partial charge in [0.1, 0.15) is 84.3 Å². The molecule has 9 fully saturated rings. The van der Waals surface area contributed by atoms with E-state index >= 15 is 4.79 Å². The van der Waals surface area contributed by atoms with Crippen LogP contribution >= 0.6 is 0 Å². The summed E-state index contributed by atoms with van der Waals surface area (Å²) in [6.45, 7) is 14.2. The fourth-order valence-corrected chi connectivity index (χ4v) is 17.2. The maximum absolute atomic E-state index is 15.5. The summed E-state index contributed by atoms with van der Waals surface area (Å²) in [5.41, 5.74) is -4.82. The first-order chi connectivity index (χ1) is 38.7. The molecule has 10 rings (SSSR count). The molecule has 26 heteroatoms. The van der Waals surface area contributed by atoms with E-state index in [1.165, 1.54) is 6.92 Å². The Morgan fingerprint density at radius 3 is 1.92 bits per heavy atom. The van der Waals surface area contributed by atoms with Crippen molar-refractivity contribution in [2.45, 2.75) is 254 Å². The van der Waals surface area contributed by atoms with Crippen LogP contribution in [0.3, 0.4) is 0 Å². The number of carbonyl (C=O) groups is 2. The first kappa shape index (κ1) is 63.8. The number of carbonyl (C=O) groups excluding carboxylic acids is 1. The van der Waals surface area contributed by atoms with Crippen LogP contribution in [0.4, 0.5) is 0 Å². The number of aliphatic hydroxyl groups excluding tert-OH is 12. The number of aliphatic carboxylic acids is 1. The molecule has 5 saturated heterocycles. The van der Waals surface area contributed by atoms with Crippen LogP contribution in [-0.4, -0.2) is 251 Å². The quantitative estimate of drug-likeness (QED) is 0.0560. The molecule has 0 amide bonds. The molecule has 30 atom stereocenters. The lowest BCUT2D eigenvalue weighted by atomic mass is 9.33. The number of esters is 1. The van der Waals surface area contributed by atoms with Crippen LogP contribution in [0.2, 0.25) is 0 Å². The highest BCUT2D eigenvalue weighted by molar-refractivity contribution is 5.80. The Hall–Kier alpha value is -2.20. The smallest absolute Gasteiger partial charge is 0.335 e. The van der Waals surface area contributed by atoms with Gasteiger partial charge in [0.2, 0.25) is 6.29 Å². The minimum Gasteiger partial charge on any atom is -0.479 e. The molecule has 83 heavy (non-hydrogen) atoms. The minimum atomic E-state index is -2.17. The van der Waals surface area contributed by atoms with Crippen LogP contribution in [0.5, 0.6) is 0 Å². The van der Waals surface area contributed by atoms with Crippen molar-refractivity contribution in [3.63, 3.8) is 0 Å².